The zero-order valence-corrected chi connectivity index (χ0v) is 9.23. The molecule has 15 heavy (non-hydrogen) atoms. The Morgan fingerprint density at radius 1 is 1.67 bits per heavy atom. The van der Waals surface area contributed by atoms with Gasteiger partial charge in [-0.3, -0.25) is 4.79 Å². The fourth-order valence-electron chi connectivity index (χ4n) is 1.37. The Labute approximate surface area is 88.7 Å². The van der Waals surface area contributed by atoms with E-state index in [-0.39, 0.29) is 12.6 Å². The van der Waals surface area contributed by atoms with E-state index in [9.17, 15) is 4.79 Å². The average molecular weight is 212 g/mol. The zero-order valence-electron chi connectivity index (χ0n) is 9.23. The summed E-state index contributed by atoms with van der Waals surface area (Å²) in [5.74, 6) is -0.262. The summed E-state index contributed by atoms with van der Waals surface area (Å²) in [6.45, 7) is 3.99. The minimum Gasteiger partial charge on any atom is -0.469 e. The molecule has 0 aromatic carbocycles. The number of nitrogens with zero attached hydrogens (tertiary/aromatic N) is 2. The van der Waals surface area contributed by atoms with Crippen molar-refractivity contribution in [2.24, 2.45) is 5.41 Å². The van der Waals surface area contributed by atoms with Crippen molar-refractivity contribution in [3.05, 3.63) is 18.2 Å². The lowest BCUT2D eigenvalue weighted by molar-refractivity contribution is -0.151. The Bertz CT molecular complexity index is 344. The third kappa shape index (κ3) is 2.79. The zero-order chi connectivity index (χ0) is 11.5. The van der Waals surface area contributed by atoms with Crippen molar-refractivity contribution in [2.75, 3.05) is 7.11 Å². The molecule has 1 heterocycles. The SMILES string of the molecule is COC(=O)C(C)(C)Cn1cnc(CO)c1. The third-order valence-electron chi connectivity index (χ3n) is 2.16. The lowest BCUT2D eigenvalue weighted by atomic mass is 9.94. The Hall–Kier alpha value is -1.36. The summed E-state index contributed by atoms with van der Waals surface area (Å²) in [7, 11) is 1.37. The van der Waals surface area contributed by atoms with Gasteiger partial charge in [0.2, 0.25) is 0 Å². The smallest absolute Gasteiger partial charge is 0.313 e. The molecule has 84 valence electrons. The van der Waals surface area contributed by atoms with E-state index in [1.165, 1.54) is 7.11 Å². The number of aliphatic hydroxyl groups excluding tert-OH is 1. The molecule has 0 amide bonds. The van der Waals surface area contributed by atoms with E-state index in [1.807, 2.05) is 0 Å². The van der Waals surface area contributed by atoms with Crippen LogP contribution in [-0.2, 0) is 22.7 Å². The first-order chi connectivity index (χ1) is 6.99. The summed E-state index contributed by atoms with van der Waals surface area (Å²) < 4.78 is 6.46. The monoisotopic (exact) mass is 212 g/mol. The molecule has 1 rings (SSSR count). The van der Waals surface area contributed by atoms with Crippen molar-refractivity contribution in [3.63, 3.8) is 0 Å². The molecule has 0 saturated carbocycles. The van der Waals surface area contributed by atoms with Crippen LogP contribution in [0.15, 0.2) is 12.5 Å². The molecular formula is C10H16N2O3. The van der Waals surface area contributed by atoms with Crippen LogP contribution in [0, 0.1) is 5.41 Å². The van der Waals surface area contributed by atoms with Gasteiger partial charge in [0, 0.05) is 12.7 Å². The maximum atomic E-state index is 11.4. The predicted molar refractivity (Wildman–Crippen MR) is 53.9 cm³/mol. The van der Waals surface area contributed by atoms with Gasteiger partial charge in [-0.25, -0.2) is 4.98 Å². The number of hydrogen-bond donors (Lipinski definition) is 1. The third-order valence-corrected chi connectivity index (χ3v) is 2.16. The van der Waals surface area contributed by atoms with Gasteiger partial charge in [0.05, 0.1) is 31.2 Å². The minimum absolute atomic E-state index is 0.0916. The lowest BCUT2D eigenvalue weighted by Gasteiger charge is -2.21. The first-order valence-corrected chi connectivity index (χ1v) is 4.69. The number of imidazole rings is 1. The summed E-state index contributed by atoms with van der Waals surface area (Å²) in [5.41, 5.74) is -0.00185. The van der Waals surface area contributed by atoms with Crippen LogP contribution in [0.1, 0.15) is 19.5 Å². The fraction of sp³-hybridized carbons (Fsp3) is 0.600. The maximum Gasteiger partial charge on any atom is 0.313 e. The van der Waals surface area contributed by atoms with E-state index >= 15 is 0 Å². The van der Waals surface area contributed by atoms with Gasteiger partial charge >= 0.3 is 5.97 Å². The van der Waals surface area contributed by atoms with E-state index in [1.54, 1.807) is 30.9 Å². The van der Waals surface area contributed by atoms with Crippen molar-refractivity contribution < 1.29 is 14.6 Å². The second-order valence-corrected chi connectivity index (χ2v) is 4.07. The Balaban J connectivity index is 2.72. The number of methoxy groups -OCH3 is 1. The number of aliphatic hydroxyl groups is 1. The van der Waals surface area contributed by atoms with Gasteiger partial charge in [-0.15, -0.1) is 0 Å². The van der Waals surface area contributed by atoms with Crippen LogP contribution in [0.4, 0.5) is 0 Å². The highest BCUT2D eigenvalue weighted by Gasteiger charge is 2.29. The van der Waals surface area contributed by atoms with Crippen molar-refractivity contribution >= 4 is 5.97 Å². The van der Waals surface area contributed by atoms with Crippen LogP contribution in [0.5, 0.6) is 0 Å². The van der Waals surface area contributed by atoms with Gasteiger partial charge in [0.15, 0.2) is 0 Å². The molecule has 1 aromatic rings. The maximum absolute atomic E-state index is 11.4. The van der Waals surface area contributed by atoms with Gasteiger partial charge in [0.1, 0.15) is 0 Å². The molecule has 5 nitrogen and oxygen atoms in total. The van der Waals surface area contributed by atoms with Crippen molar-refractivity contribution in [2.45, 2.75) is 27.0 Å². The number of carbonyl (C=O) groups is 1. The molecule has 0 aliphatic heterocycles. The quantitative estimate of drug-likeness (QED) is 0.741. The van der Waals surface area contributed by atoms with Crippen molar-refractivity contribution in [3.8, 4) is 0 Å². The highest BCUT2D eigenvalue weighted by atomic mass is 16.5. The molecule has 0 radical (unpaired) electrons. The van der Waals surface area contributed by atoms with Crippen LogP contribution >= 0.6 is 0 Å². The van der Waals surface area contributed by atoms with Crippen molar-refractivity contribution in [1.29, 1.82) is 0 Å². The number of rotatable bonds is 4. The van der Waals surface area contributed by atoms with Crippen LogP contribution in [0.2, 0.25) is 0 Å². The summed E-state index contributed by atoms with van der Waals surface area (Å²) in [4.78, 5) is 15.4. The minimum atomic E-state index is -0.595. The molecular weight excluding hydrogens is 196 g/mol. The molecule has 0 aliphatic carbocycles. The average Bonchev–Trinajstić information content (AvgIpc) is 2.63. The number of esters is 1. The van der Waals surface area contributed by atoms with Crippen LogP contribution in [0.25, 0.3) is 0 Å². The van der Waals surface area contributed by atoms with Crippen LogP contribution in [-0.4, -0.2) is 27.7 Å². The highest BCUT2D eigenvalue weighted by molar-refractivity contribution is 5.75. The second-order valence-electron chi connectivity index (χ2n) is 4.07. The summed E-state index contributed by atoms with van der Waals surface area (Å²) in [6, 6.07) is 0. The van der Waals surface area contributed by atoms with E-state index in [4.69, 9.17) is 9.84 Å². The lowest BCUT2D eigenvalue weighted by Crippen LogP contribution is -2.30. The van der Waals surface area contributed by atoms with Crippen LogP contribution < -0.4 is 0 Å². The van der Waals surface area contributed by atoms with E-state index < -0.39 is 5.41 Å². The molecule has 0 spiro atoms. The van der Waals surface area contributed by atoms with Gasteiger partial charge in [-0.05, 0) is 13.8 Å². The Kier molecular flexibility index (Phi) is 3.47. The van der Waals surface area contributed by atoms with Gasteiger partial charge in [-0.2, -0.15) is 0 Å². The van der Waals surface area contributed by atoms with E-state index in [0.29, 0.717) is 12.2 Å². The molecule has 0 aliphatic rings. The predicted octanol–water partition coefficient (Wildman–Crippen LogP) is 0.575. The number of aromatic nitrogens is 2. The Morgan fingerprint density at radius 3 is 2.80 bits per heavy atom. The first kappa shape index (κ1) is 11.7. The Morgan fingerprint density at radius 2 is 2.33 bits per heavy atom. The van der Waals surface area contributed by atoms with E-state index in [0.717, 1.165) is 0 Å². The molecule has 0 fully saturated rings. The largest absolute Gasteiger partial charge is 0.469 e. The van der Waals surface area contributed by atoms with E-state index in [2.05, 4.69) is 4.98 Å². The molecule has 0 bridgehead atoms. The highest BCUT2D eigenvalue weighted by Crippen LogP contribution is 2.19. The molecule has 1 aromatic heterocycles. The van der Waals surface area contributed by atoms with Gasteiger partial charge in [-0.1, -0.05) is 0 Å². The molecule has 5 heteroatoms. The molecule has 1 N–H and O–H groups in total. The molecule has 0 saturated heterocycles. The first-order valence-electron chi connectivity index (χ1n) is 4.69. The number of ether oxygens (including phenoxy) is 1. The second kappa shape index (κ2) is 4.44. The fourth-order valence-corrected chi connectivity index (χ4v) is 1.37. The van der Waals surface area contributed by atoms with Crippen molar-refractivity contribution in [1.82, 2.24) is 9.55 Å². The summed E-state index contributed by atoms with van der Waals surface area (Å²) in [5, 5.41) is 8.84. The topological polar surface area (TPSA) is 64.4 Å². The van der Waals surface area contributed by atoms with Gasteiger partial charge in [0.25, 0.3) is 0 Å². The summed E-state index contributed by atoms with van der Waals surface area (Å²) in [6.07, 6.45) is 3.31. The number of carbonyl (C=O) groups excluding carboxylic acids is 1. The number of hydrogen-bond acceptors (Lipinski definition) is 4. The molecule has 0 unspecified atom stereocenters. The van der Waals surface area contributed by atoms with Crippen LogP contribution in [0.3, 0.4) is 0 Å². The van der Waals surface area contributed by atoms with Gasteiger partial charge < -0.3 is 14.4 Å². The summed E-state index contributed by atoms with van der Waals surface area (Å²) >= 11 is 0. The standard InChI is InChI=1S/C10H16N2O3/c1-10(2,9(14)15-3)6-12-4-8(5-13)11-7-12/h4,7,13H,5-6H2,1-3H3. The molecule has 0 atom stereocenters. The normalized spacial score (nSPS) is 11.5.